The number of aromatic nitrogens is 3. The third-order valence-electron chi connectivity index (χ3n) is 5.27. The Morgan fingerprint density at radius 2 is 1.79 bits per heavy atom. The van der Waals surface area contributed by atoms with Crippen molar-refractivity contribution >= 4 is 23.4 Å². The van der Waals surface area contributed by atoms with Gasteiger partial charge in [0.25, 0.3) is 0 Å². The van der Waals surface area contributed by atoms with Gasteiger partial charge in [0.2, 0.25) is 11.0 Å². The lowest BCUT2D eigenvalue weighted by atomic mass is 10.1. The van der Waals surface area contributed by atoms with Crippen LogP contribution in [0.1, 0.15) is 33.3 Å². The Kier molecular flexibility index (Phi) is 5.66. The van der Waals surface area contributed by atoms with Crippen LogP contribution < -0.4 is 15.2 Å². The zero-order chi connectivity index (χ0) is 22.8. The molecule has 0 saturated heterocycles. The summed E-state index contributed by atoms with van der Waals surface area (Å²) in [7, 11) is 0. The smallest absolute Gasteiger partial charge is 0.247 e. The minimum Gasteiger partial charge on any atom is -0.545 e. The van der Waals surface area contributed by atoms with Crippen molar-refractivity contribution in [3.05, 3.63) is 95.1 Å². The van der Waals surface area contributed by atoms with Crippen LogP contribution in [0.25, 0.3) is 11.3 Å². The first-order chi connectivity index (χ1) is 16.1. The van der Waals surface area contributed by atoms with Crippen LogP contribution in [-0.2, 0) is 5.75 Å². The first kappa shape index (κ1) is 21.0. The number of ether oxygens (including phenoxy) is 1. The maximum Gasteiger partial charge on any atom is 0.247 e. The fourth-order valence-corrected chi connectivity index (χ4v) is 4.22. The molecule has 1 aliphatic rings. The number of carboxylic acids is 1. The van der Waals surface area contributed by atoms with Crippen LogP contribution in [0, 0.1) is 6.92 Å². The number of fused-ring (bicyclic) bond motifs is 3. The summed E-state index contributed by atoms with van der Waals surface area (Å²) in [6.07, 6.45) is -0.588. The highest BCUT2D eigenvalue weighted by atomic mass is 32.2. The molecule has 0 unspecified atom stereocenters. The van der Waals surface area contributed by atoms with Gasteiger partial charge in [-0.25, -0.2) is 0 Å². The zero-order valence-electron chi connectivity index (χ0n) is 17.7. The molecule has 164 valence electrons. The van der Waals surface area contributed by atoms with Crippen molar-refractivity contribution in [2.24, 2.45) is 0 Å². The molecular weight excluding hydrogens is 436 g/mol. The highest BCUT2D eigenvalue weighted by molar-refractivity contribution is 7.98. The molecule has 3 aromatic carbocycles. The number of para-hydroxylation sites is 1. The van der Waals surface area contributed by atoms with E-state index in [1.807, 2.05) is 24.3 Å². The molecule has 1 N–H and O–H groups in total. The molecule has 8 heteroatoms. The van der Waals surface area contributed by atoms with Gasteiger partial charge in [0.05, 0.1) is 5.97 Å². The first-order valence-electron chi connectivity index (χ1n) is 10.3. The van der Waals surface area contributed by atoms with Crippen molar-refractivity contribution < 1.29 is 14.6 Å². The minimum absolute atomic E-state index is 0.104. The Morgan fingerprint density at radius 3 is 2.55 bits per heavy atom. The summed E-state index contributed by atoms with van der Waals surface area (Å²) >= 11 is 1.49. The maximum atomic E-state index is 11.1. The van der Waals surface area contributed by atoms with Gasteiger partial charge in [-0.2, -0.15) is 4.98 Å². The van der Waals surface area contributed by atoms with Crippen LogP contribution in [0.15, 0.2) is 78.0 Å². The maximum absolute atomic E-state index is 11.1. The lowest BCUT2D eigenvalue weighted by Crippen LogP contribution is -2.22. The quantitative estimate of drug-likeness (QED) is 0.451. The molecule has 0 radical (unpaired) electrons. The van der Waals surface area contributed by atoms with Gasteiger partial charge in [-0.05, 0) is 24.1 Å². The van der Waals surface area contributed by atoms with E-state index in [4.69, 9.17) is 4.74 Å². The first-order valence-corrected chi connectivity index (χ1v) is 11.3. The molecule has 0 aliphatic carbocycles. The van der Waals surface area contributed by atoms with Gasteiger partial charge < -0.3 is 20.0 Å². The van der Waals surface area contributed by atoms with Crippen molar-refractivity contribution in [1.82, 2.24) is 15.2 Å². The summed E-state index contributed by atoms with van der Waals surface area (Å²) in [4.78, 5) is 15.8. The molecule has 1 aliphatic heterocycles. The fraction of sp³-hybridized carbons (Fsp3) is 0.120. The minimum atomic E-state index is -1.22. The zero-order valence-corrected chi connectivity index (χ0v) is 18.5. The number of anilines is 1. The lowest BCUT2D eigenvalue weighted by Gasteiger charge is -2.19. The van der Waals surface area contributed by atoms with Crippen LogP contribution in [0.5, 0.6) is 5.88 Å². The molecule has 33 heavy (non-hydrogen) atoms. The second-order valence-corrected chi connectivity index (χ2v) is 8.56. The van der Waals surface area contributed by atoms with E-state index < -0.39 is 12.2 Å². The van der Waals surface area contributed by atoms with Gasteiger partial charge in [-0.3, -0.25) is 0 Å². The normalized spacial score (nSPS) is 14.3. The number of benzene rings is 3. The summed E-state index contributed by atoms with van der Waals surface area (Å²) in [5, 5.41) is 23.7. The van der Waals surface area contributed by atoms with E-state index in [1.54, 1.807) is 12.1 Å². The van der Waals surface area contributed by atoms with Crippen LogP contribution in [0.3, 0.4) is 0 Å². The average molecular weight is 456 g/mol. The van der Waals surface area contributed by atoms with Gasteiger partial charge in [0.15, 0.2) is 11.9 Å². The largest absolute Gasteiger partial charge is 0.545 e. The van der Waals surface area contributed by atoms with Crippen molar-refractivity contribution in [3.8, 4) is 17.1 Å². The van der Waals surface area contributed by atoms with Crippen molar-refractivity contribution in [2.75, 3.05) is 5.32 Å². The van der Waals surface area contributed by atoms with Gasteiger partial charge in [-0.1, -0.05) is 84.1 Å². The van der Waals surface area contributed by atoms with E-state index in [-0.39, 0.29) is 5.56 Å². The fourth-order valence-electron chi connectivity index (χ4n) is 3.49. The van der Waals surface area contributed by atoms with E-state index in [0.29, 0.717) is 22.5 Å². The standard InChI is InChI=1S/C25H20N4O3S/c1-15-6-8-16(9-7-15)14-33-25-27-23-21(28-29-25)19-4-2-3-5-20(19)26-22(32-23)17-10-12-18(13-11-17)24(30)31/h2-13,22,26H,14H2,1H3,(H,30,31)/p-1/t22-/m0/s1. The summed E-state index contributed by atoms with van der Waals surface area (Å²) in [5.41, 5.74) is 5.43. The average Bonchev–Trinajstić information content (AvgIpc) is 3.00. The molecule has 0 spiro atoms. The predicted molar refractivity (Wildman–Crippen MR) is 124 cm³/mol. The number of nitrogens with zero attached hydrogens (tertiary/aromatic N) is 3. The summed E-state index contributed by atoms with van der Waals surface area (Å²) < 4.78 is 6.23. The van der Waals surface area contributed by atoms with Crippen LogP contribution in [0.4, 0.5) is 5.69 Å². The number of rotatable bonds is 5. The van der Waals surface area contributed by atoms with Crippen LogP contribution >= 0.6 is 11.8 Å². The van der Waals surface area contributed by atoms with E-state index in [1.165, 1.54) is 35.0 Å². The third kappa shape index (κ3) is 4.51. The van der Waals surface area contributed by atoms with Gasteiger partial charge in [0.1, 0.15) is 0 Å². The summed E-state index contributed by atoms with van der Waals surface area (Å²) in [6.45, 7) is 2.06. The highest BCUT2D eigenvalue weighted by Crippen LogP contribution is 2.39. The summed E-state index contributed by atoms with van der Waals surface area (Å²) in [5.74, 6) is -0.147. The Balaban J connectivity index is 1.46. The number of hydrogen-bond donors (Lipinski definition) is 1. The molecule has 0 bridgehead atoms. The molecule has 1 aromatic heterocycles. The van der Waals surface area contributed by atoms with Crippen molar-refractivity contribution in [1.29, 1.82) is 0 Å². The van der Waals surface area contributed by atoms with E-state index in [2.05, 4.69) is 51.7 Å². The van der Waals surface area contributed by atoms with Gasteiger partial charge in [-0.15, -0.1) is 10.2 Å². The number of aromatic carboxylic acids is 1. The lowest BCUT2D eigenvalue weighted by molar-refractivity contribution is -0.255. The molecule has 1 atom stereocenters. The van der Waals surface area contributed by atoms with Gasteiger partial charge in [0, 0.05) is 22.6 Å². The molecular formula is C25H19N4O3S-. The number of hydrogen-bond acceptors (Lipinski definition) is 8. The molecule has 7 nitrogen and oxygen atoms in total. The molecule has 0 saturated carbocycles. The number of carbonyl (C=O) groups is 1. The molecule has 0 fully saturated rings. The predicted octanol–water partition coefficient (Wildman–Crippen LogP) is 4.01. The molecule has 0 amide bonds. The third-order valence-corrected chi connectivity index (χ3v) is 6.18. The van der Waals surface area contributed by atoms with Gasteiger partial charge >= 0.3 is 0 Å². The van der Waals surface area contributed by atoms with Crippen molar-refractivity contribution in [2.45, 2.75) is 24.1 Å². The summed E-state index contributed by atoms with van der Waals surface area (Å²) in [6, 6.07) is 22.4. The number of thioether (sulfide) groups is 1. The van der Waals surface area contributed by atoms with Crippen LogP contribution in [0.2, 0.25) is 0 Å². The topological polar surface area (TPSA) is 100 Å². The number of aryl methyl sites for hydroxylation is 1. The van der Waals surface area contributed by atoms with Crippen LogP contribution in [-0.4, -0.2) is 21.2 Å². The number of nitrogens with one attached hydrogen (secondary N) is 1. The van der Waals surface area contributed by atoms with Crippen molar-refractivity contribution in [3.63, 3.8) is 0 Å². The van der Waals surface area contributed by atoms with E-state index in [0.717, 1.165) is 16.8 Å². The second kappa shape index (κ2) is 8.91. The molecule has 2 heterocycles. The SMILES string of the molecule is Cc1ccc(CSc2nnc3c(n2)O[C@@H](c2ccc(C(=O)[O-])cc2)Nc2ccccc2-3)cc1. The number of carboxylic acid groups (broad SMARTS) is 1. The monoisotopic (exact) mass is 455 g/mol. The Bertz CT molecular complexity index is 1310. The Morgan fingerprint density at radius 1 is 1.03 bits per heavy atom. The number of carbonyl (C=O) groups excluding carboxylic acids is 1. The Labute approximate surface area is 194 Å². The highest BCUT2D eigenvalue weighted by Gasteiger charge is 2.26. The molecule has 5 rings (SSSR count). The van der Waals surface area contributed by atoms with E-state index >= 15 is 0 Å². The molecule has 4 aromatic rings. The second-order valence-electron chi connectivity index (χ2n) is 7.62. The Hall–Kier alpha value is -3.91. The van der Waals surface area contributed by atoms with E-state index in [9.17, 15) is 9.90 Å².